The third-order valence-electron chi connectivity index (χ3n) is 6.18. The van der Waals surface area contributed by atoms with Gasteiger partial charge in [-0.2, -0.15) is 0 Å². The fourth-order valence-electron chi connectivity index (χ4n) is 4.50. The van der Waals surface area contributed by atoms with Crippen molar-refractivity contribution in [1.82, 2.24) is 15.1 Å². The van der Waals surface area contributed by atoms with Crippen molar-refractivity contribution in [3.05, 3.63) is 35.4 Å². The third kappa shape index (κ3) is 5.37. The molecule has 6 nitrogen and oxygen atoms in total. The van der Waals surface area contributed by atoms with Crippen molar-refractivity contribution in [3.63, 3.8) is 0 Å². The highest BCUT2D eigenvalue weighted by molar-refractivity contribution is 5.94. The molecule has 1 aliphatic carbocycles. The van der Waals surface area contributed by atoms with E-state index in [1.807, 2.05) is 17.0 Å². The molecule has 0 bridgehead atoms. The molecule has 2 heterocycles. The standard InChI is InChI=1S/C23H33N3O3/c1-16-13-25(14-17(2)29-16)15-18-3-5-20(6-4-18)23(28)26-11-9-21(10-12-26)24-22(27)19-7-8-19/h3-6,16-17,19,21H,7-15H2,1-2H3,(H,24,27). The van der Waals surface area contributed by atoms with E-state index in [1.54, 1.807) is 0 Å². The summed E-state index contributed by atoms with van der Waals surface area (Å²) < 4.78 is 5.80. The van der Waals surface area contributed by atoms with E-state index >= 15 is 0 Å². The van der Waals surface area contributed by atoms with E-state index < -0.39 is 0 Å². The molecule has 1 aromatic carbocycles. The van der Waals surface area contributed by atoms with Crippen LogP contribution in [-0.4, -0.2) is 66.0 Å². The van der Waals surface area contributed by atoms with Crippen molar-refractivity contribution in [3.8, 4) is 0 Å². The van der Waals surface area contributed by atoms with E-state index in [0.29, 0.717) is 13.1 Å². The van der Waals surface area contributed by atoms with Crippen LogP contribution in [0.25, 0.3) is 0 Å². The van der Waals surface area contributed by atoms with Crippen molar-refractivity contribution in [2.75, 3.05) is 26.2 Å². The lowest BCUT2D eigenvalue weighted by Gasteiger charge is -2.35. The van der Waals surface area contributed by atoms with Gasteiger partial charge in [0.05, 0.1) is 12.2 Å². The quantitative estimate of drug-likeness (QED) is 0.826. The van der Waals surface area contributed by atoms with Crippen LogP contribution in [0.15, 0.2) is 24.3 Å². The van der Waals surface area contributed by atoms with Gasteiger partial charge in [0.2, 0.25) is 5.91 Å². The SMILES string of the molecule is CC1CN(Cc2ccc(C(=O)N3CCC(NC(=O)C4CC4)CC3)cc2)CC(C)O1. The monoisotopic (exact) mass is 399 g/mol. The normalized spacial score (nSPS) is 26.3. The molecule has 158 valence electrons. The first kappa shape index (κ1) is 20.4. The molecule has 0 aromatic heterocycles. The molecule has 2 amide bonds. The maximum atomic E-state index is 12.8. The number of nitrogens with one attached hydrogen (secondary N) is 1. The highest BCUT2D eigenvalue weighted by Crippen LogP contribution is 2.29. The van der Waals surface area contributed by atoms with Crippen LogP contribution in [0.5, 0.6) is 0 Å². The van der Waals surface area contributed by atoms with Crippen LogP contribution >= 0.6 is 0 Å². The molecule has 2 aliphatic heterocycles. The Kier molecular flexibility index (Phi) is 6.20. The summed E-state index contributed by atoms with van der Waals surface area (Å²) in [7, 11) is 0. The van der Waals surface area contributed by atoms with Gasteiger partial charge in [0.1, 0.15) is 0 Å². The number of ether oxygens (including phenoxy) is 1. The minimum atomic E-state index is 0.0946. The van der Waals surface area contributed by atoms with Crippen LogP contribution in [0.2, 0.25) is 0 Å². The van der Waals surface area contributed by atoms with Crippen LogP contribution in [0.3, 0.4) is 0 Å². The molecule has 6 heteroatoms. The Morgan fingerprint density at radius 2 is 1.62 bits per heavy atom. The molecule has 2 saturated heterocycles. The summed E-state index contributed by atoms with van der Waals surface area (Å²) in [6.07, 6.45) is 4.27. The van der Waals surface area contributed by atoms with Gasteiger partial charge < -0.3 is 15.0 Å². The van der Waals surface area contributed by atoms with Crippen LogP contribution < -0.4 is 5.32 Å². The number of carbonyl (C=O) groups excluding carboxylic acids is 2. The Morgan fingerprint density at radius 1 is 1.00 bits per heavy atom. The average Bonchev–Trinajstić information content (AvgIpc) is 3.53. The largest absolute Gasteiger partial charge is 0.373 e. The predicted octanol–water partition coefficient (Wildman–Crippen LogP) is 2.43. The van der Waals surface area contributed by atoms with Gasteiger partial charge in [-0.05, 0) is 57.2 Å². The van der Waals surface area contributed by atoms with E-state index in [9.17, 15) is 9.59 Å². The van der Waals surface area contributed by atoms with Gasteiger partial charge in [-0.3, -0.25) is 14.5 Å². The maximum absolute atomic E-state index is 12.8. The van der Waals surface area contributed by atoms with Gasteiger partial charge in [-0.25, -0.2) is 0 Å². The minimum Gasteiger partial charge on any atom is -0.373 e. The number of benzene rings is 1. The molecule has 2 unspecified atom stereocenters. The molecule has 0 radical (unpaired) electrons. The Hall–Kier alpha value is -1.92. The number of nitrogens with zero attached hydrogens (tertiary/aromatic N) is 2. The van der Waals surface area contributed by atoms with Gasteiger partial charge in [0.25, 0.3) is 5.91 Å². The summed E-state index contributed by atoms with van der Waals surface area (Å²) in [5, 5.41) is 3.14. The number of amides is 2. The van der Waals surface area contributed by atoms with Gasteiger partial charge in [0.15, 0.2) is 0 Å². The summed E-state index contributed by atoms with van der Waals surface area (Å²) in [6, 6.07) is 8.26. The van der Waals surface area contributed by atoms with Crippen LogP contribution in [0.4, 0.5) is 0 Å². The second-order valence-corrected chi connectivity index (χ2v) is 9.00. The first-order valence-electron chi connectivity index (χ1n) is 11.0. The zero-order valence-corrected chi connectivity index (χ0v) is 17.6. The number of piperidine rings is 1. The lowest BCUT2D eigenvalue weighted by molar-refractivity contribution is -0.123. The number of hydrogen-bond acceptors (Lipinski definition) is 4. The summed E-state index contributed by atoms with van der Waals surface area (Å²) in [6.45, 7) is 8.42. The Bertz CT molecular complexity index is 713. The van der Waals surface area contributed by atoms with Crippen LogP contribution in [-0.2, 0) is 16.1 Å². The first-order valence-corrected chi connectivity index (χ1v) is 11.0. The molecule has 2 atom stereocenters. The van der Waals surface area contributed by atoms with Gasteiger partial charge in [-0.1, -0.05) is 12.1 Å². The first-order chi connectivity index (χ1) is 14.0. The summed E-state index contributed by atoms with van der Waals surface area (Å²) in [5.74, 6) is 0.545. The third-order valence-corrected chi connectivity index (χ3v) is 6.18. The molecule has 1 saturated carbocycles. The minimum absolute atomic E-state index is 0.0946. The molecular weight excluding hydrogens is 366 g/mol. The second kappa shape index (κ2) is 8.84. The molecular formula is C23H33N3O3. The summed E-state index contributed by atoms with van der Waals surface area (Å²) >= 11 is 0. The number of carbonyl (C=O) groups is 2. The Labute approximate surface area is 173 Å². The number of hydrogen-bond donors (Lipinski definition) is 1. The molecule has 3 fully saturated rings. The number of morpholine rings is 1. The van der Waals surface area contributed by atoms with E-state index in [0.717, 1.165) is 50.9 Å². The van der Waals surface area contributed by atoms with Crippen LogP contribution in [0.1, 0.15) is 55.5 Å². The van der Waals surface area contributed by atoms with Crippen molar-refractivity contribution in [2.24, 2.45) is 5.92 Å². The lowest BCUT2D eigenvalue weighted by atomic mass is 10.0. The smallest absolute Gasteiger partial charge is 0.253 e. The highest BCUT2D eigenvalue weighted by atomic mass is 16.5. The average molecular weight is 400 g/mol. The predicted molar refractivity (Wildman–Crippen MR) is 112 cm³/mol. The lowest BCUT2D eigenvalue weighted by Crippen LogP contribution is -2.46. The molecule has 3 aliphatic rings. The molecule has 29 heavy (non-hydrogen) atoms. The van der Waals surface area contributed by atoms with E-state index in [1.165, 1.54) is 5.56 Å². The zero-order chi connectivity index (χ0) is 20.4. The van der Waals surface area contributed by atoms with Gasteiger partial charge >= 0.3 is 0 Å². The second-order valence-electron chi connectivity index (χ2n) is 9.00. The maximum Gasteiger partial charge on any atom is 0.253 e. The van der Waals surface area contributed by atoms with Crippen molar-refractivity contribution in [1.29, 1.82) is 0 Å². The van der Waals surface area contributed by atoms with Crippen LogP contribution in [0, 0.1) is 5.92 Å². The fourth-order valence-corrected chi connectivity index (χ4v) is 4.50. The van der Waals surface area contributed by atoms with Crippen molar-refractivity contribution >= 4 is 11.8 Å². The molecule has 0 spiro atoms. The van der Waals surface area contributed by atoms with Crippen molar-refractivity contribution < 1.29 is 14.3 Å². The zero-order valence-electron chi connectivity index (χ0n) is 17.6. The fraction of sp³-hybridized carbons (Fsp3) is 0.652. The number of likely N-dealkylation sites (tertiary alicyclic amines) is 1. The van der Waals surface area contributed by atoms with E-state index in [2.05, 4.69) is 36.2 Å². The Morgan fingerprint density at radius 3 is 2.21 bits per heavy atom. The Balaban J connectivity index is 1.26. The summed E-state index contributed by atoms with van der Waals surface area (Å²) in [5.41, 5.74) is 1.97. The molecule has 1 aromatic rings. The molecule has 4 rings (SSSR count). The van der Waals surface area contributed by atoms with Gasteiger partial charge in [0, 0.05) is 50.2 Å². The molecule has 1 N–H and O–H groups in total. The summed E-state index contributed by atoms with van der Waals surface area (Å²) in [4.78, 5) is 29.1. The number of rotatable bonds is 5. The highest BCUT2D eigenvalue weighted by Gasteiger charge is 2.32. The topological polar surface area (TPSA) is 61.9 Å². The van der Waals surface area contributed by atoms with E-state index in [4.69, 9.17) is 4.74 Å². The van der Waals surface area contributed by atoms with Crippen molar-refractivity contribution in [2.45, 2.75) is 64.3 Å². The van der Waals surface area contributed by atoms with Gasteiger partial charge in [-0.15, -0.1) is 0 Å². The van der Waals surface area contributed by atoms with E-state index in [-0.39, 0.29) is 36.0 Å².